The standard InChI is InChI=1S/C24H27F2N3O2/c1-15(2)13-24(3)22(31)29(23(27)28-24)14-18-6-4-5-16(9-18)10-19(30)11-17-7-8-20(25)21(26)12-17/h4-9,12,15H,10-11,13-14H2,1-3H3,(H2,27,28). The van der Waals surface area contributed by atoms with Gasteiger partial charge in [0.25, 0.3) is 5.91 Å². The van der Waals surface area contributed by atoms with Crippen LogP contribution in [0.4, 0.5) is 8.78 Å². The molecule has 164 valence electrons. The second-order valence-corrected chi connectivity index (χ2v) is 8.69. The first-order chi connectivity index (χ1) is 14.6. The number of ketones is 1. The third-order valence-corrected chi connectivity index (χ3v) is 5.27. The van der Waals surface area contributed by atoms with E-state index in [9.17, 15) is 18.4 Å². The molecule has 5 nitrogen and oxygen atoms in total. The van der Waals surface area contributed by atoms with E-state index in [1.54, 1.807) is 6.92 Å². The molecular formula is C24H27F2N3O2. The van der Waals surface area contributed by atoms with Gasteiger partial charge in [0.1, 0.15) is 11.3 Å². The van der Waals surface area contributed by atoms with E-state index >= 15 is 0 Å². The van der Waals surface area contributed by atoms with E-state index in [2.05, 4.69) is 4.99 Å². The van der Waals surface area contributed by atoms with E-state index in [0.29, 0.717) is 17.9 Å². The first-order valence-corrected chi connectivity index (χ1v) is 10.3. The Hall–Kier alpha value is -3.09. The van der Waals surface area contributed by atoms with Crippen molar-refractivity contribution in [1.29, 1.82) is 0 Å². The van der Waals surface area contributed by atoms with Crippen LogP contribution in [0.1, 0.15) is 43.9 Å². The molecule has 0 aliphatic carbocycles. The third-order valence-electron chi connectivity index (χ3n) is 5.27. The predicted molar refractivity (Wildman–Crippen MR) is 115 cm³/mol. The highest BCUT2D eigenvalue weighted by molar-refractivity contribution is 6.06. The number of nitrogens with two attached hydrogens (primary N) is 1. The number of carbonyl (C=O) groups excluding carboxylic acids is 2. The highest BCUT2D eigenvalue weighted by atomic mass is 19.2. The summed E-state index contributed by atoms with van der Waals surface area (Å²) in [4.78, 5) is 31.2. The number of aliphatic imine (C=N–C) groups is 1. The summed E-state index contributed by atoms with van der Waals surface area (Å²) in [6, 6.07) is 10.8. The zero-order valence-corrected chi connectivity index (χ0v) is 18.0. The normalized spacial score (nSPS) is 18.6. The van der Waals surface area contributed by atoms with Crippen molar-refractivity contribution in [3.63, 3.8) is 0 Å². The number of hydrogen-bond donors (Lipinski definition) is 1. The van der Waals surface area contributed by atoms with E-state index in [4.69, 9.17) is 5.73 Å². The summed E-state index contributed by atoms with van der Waals surface area (Å²) in [5.41, 5.74) is 7.22. The Kier molecular flexibility index (Phi) is 6.53. The number of amides is 1. The molecule has 1 aliphatic rings. The van der Waals surface area contributed by atoms with Crippen LogP contribution in [0.5, 0.6) is 0 Å². The molecule has 7 heteroatoms. The lowest BCUT2D eigenvalue weighted by Crippen LogP contribution is -2.43. The maximum Gasteiger partial charge on any atom is 0.257 e. The molecule has 1 unspecified atom stereocenters. The zero-order valence-electron chi connectivity index (χ0n) is 18.0. The zero-order chi connectivity index (χ0) is 22.8. The Morgan fingerprint density at radius 2 is 1.71 bits per heavy atom. The van der Waals surface area contributed by atoms with E-state index in [1.165, 1.54) is 11.0 Å². The van der Waals surface area contributed by atoms with E-state index in [-0.39, 0.29) is 37.0 Å². The van der Waals surface area contributed by atoms with Gasteiger partial charge in [-0.3, -0.25) is 14.5 Å². The minimum absolute atomic E-state index is 0.0131. The highest BCUT2D eigenvalue weighted by Crippen LogP contribution is 2.29. The van der Waals surface area contributed by atoms with Crippen molar-refractivity contribution in [2.45, 2.75) is 52.1 Å². The Balaban J connectivity index is 1.66. The van der Waals surface area contributed by atoms with Crippen LogP contribution in [0.3, 0.4) is 0 Å². The van der Waals surface area contributed by atoms with Gasteiger partial charge in [-0.15, -0.1) is 0 Å². The fourth-order valence-corrected chi connectivity index (χ4v) is 4.02. The lowest BCUT2D eigenvalue weighted by molar-refractivity contribution is -0.131. The molecule has 2 N–H and O–H groups in total. The van der Waals surface area contributed by atoms with Crippen LogP contribution in [0, 0.1) is 17.6 Å². The fraction of sp³-hybridized carbons (Fsp3) is 0.375. The molecule has 1 amide bonds. The monoisotopic (exact) mass is 427 g/mol. The summed E-state index contributed by atoms with van der Waals surface area (Å²) in [6.07, 6.45) is 0.774. The molecule has 1 atom stereocenters. The lowest BCUT2D eigenvalue weighted by Gasteiger charge is -2.23. The lowest BCUT2D eigenvalue weighted by atomic mass is 9.91. The van der Waals surface area contributed by atoms with E-state index in [0.717, 1.165) is 23.3 Å². The smallest absolute Gasteiger partial charge is 0.257 e. The number of hydrogen-bond acceptors (Lipinski definition) is 4. The minimum Gasteiger partial charge on any atom is -0.369 e. The fourth-order valence-electron chi connectivity index (χ4n) is 4.02. The Labute approximate surface area is 181 Å². The number of carbonyl (C=O) groups is 2. The van der Waals surface area contributed by atoms with Crippen molar-refractivity contribution in [1.82, 2.24) is 4.90 Å². The van der Waals surface area contributed by atoms with Crippen LogP contribution >= 0.6 is 0 Å². The number of nitrogens with zero attached hydrogens (tertiary/aromatic N) is 2. The topological polar surface area (TPSA) is 75.8 Å². The van der Waals surface area contributed by atoms with Crippen LogP contribution in [-0.2, 0) is 29.0 Å². The van der Waals surface area contributed by atoms with Crippen LogP contribution in [-0.4, -0.2) is 28.1 Å². The Bertz CT molecular complexity index is 1040. The molecule has 0 spiro atoms. The molecule has 0 fully saturated rings. The van der Waals surface area contributed by atoms with Crippen molar-refractivity contribution in [2.24, 2.45) is 16.6 Å². The summed E-state index contributed by atoms with van der Waals surface area (Å²) in [7, 11) is 0. The van der Waals surface area contributed by atoms with Crippen LogP contribution < -0.4 is 5.73 Å². The van der Waals surface area contributed by atoms with Crippen LogP contribution in [0.15, 0.2) is 47.5 Å². The quantitative estimate of drug-likeness (QED) is 0.697. The van der Waals surface area contributed by atoms with Gasteiger partial charge >= 0.3 is 0 Å². The van der Waals surface area contributed by atoms with Gasteiger partial charge in [0.15, 0.2) is 17.6 Å². The molecular weight excluding hydrogens is 400 g/mol. The maximum atomic E-state index is 13.4. The average molecular weight is 427 g/mol. The molecule has 2 aromatic carbocycles. The molecule has 0 bridgehead atoms. The second kappa shape index (κ2) is 8.96. The maximum absolute atomic E-state index is 13.4. The number of rotatable bonds is 8. The van der Waals surface area contributed by atoms with E-state index in [1.807, 2.05) is 38.1 Å². The molecule has 1 aliphatic heterocycles. The van der Waals surface area contributed by atoms with Gasteiger partial charge in [-0.2, -0.15) is 0 Å². The summed E-state index contributed by atoms with van der Waals surface area (Å²) in [5, 5.41) is 0. The molecule has 0 aromatic heterocycles. The first-order valence-electron chi connectivity index (χ1n) is 10.3. The van der Waals surface area contributed by atoms with Crippen molar-refractivity contribution in [3.8, 4) is 0 Å². The molecule has 1 heterocycles. The summed E-state index contributed by atoms with van der Waals surface area (Å²) in [5.74, 6) is -1.65. The molecule has 0 saturated carbocycles. The summed E-state index contributed by atoms with van der Waals surface area (Å²) >= 11 is 0. The molecule has 2 aromatic rings. The molecule has 0 saturated heterocycles. The van der Waals surface area contributed by atoms with Gasteiger partial charge < -0.3 is 5.73 Å². The number of Topliss-reactive ketones (excluding diaryl/α,β-unsaturated/α-hetero) is 1. The minimum atomic E-state index is -0.966. The van der Waals surface area contributed by atoms with Gasteiger partial charge in [-0.25, -0.2) is 13.8 Å². The Morgan fingerprint density at radius 1 is 1.06 bits per heavy atom. The van der Waals surface area contributed by atoms with Crippen molar-refractivity contribution in [3.05, 3.63) is 70.8 Å². The van der Waals surface area contributed by atoms with E-state index < -0.39 is 17.2 Å². The average Bonchev–Trinajstić information content (AvgIpc) is 2.87. The number of halogens is 2. The van der Waals surface area contributed by atoms with Crippen LogP contribution in [0.25, 0.3) is 0 Å². The van der Waals surface area contributed by atoms with Gasteiger partial charge in [0.2, 0.25) is 0 Å². The molecule has 31 heavy (non-hydrogen) atoms. The SMILES string of the molecule is CC(C)CC1(C)N=C(N)N(Cc2cccc(CC(=O)Cc3ccc(F)c(F)c3)c2)C1=O. The largest absolute Gasteiger partial charge is 0.369 e. The first kappa shape index (κ1) is 22.6. The van der Waals surface area contributed by atoms with Gasteiger partial charge in [-0.1, -0.05) is 44.2 Å². The number of guanidine groups is 1. The van der Waals surface area contributed by atoms with Gasteiger partial charge in [0, 0.05) is 12.8 Å². The Morgan fingerprint density at radius 3 is 2.35 bits per heavy atom. The van der Waals surface area contributed by atoms with Crippen molar-refractivity contribution in [2.75, 3.05) is 0 Å². The van der Waals surface area contributed by atoms with Gasteiger partial charge in [-0.05, 0) is 48.1 Å². The number of benzene rings is 2. The van der Waals surface area contributed by atoms with Crippen LogP contribution in [0.2, 0.25) is 0 Å². The highest BCUT2D eigenvalue weighted by Gasteiger charge is 2.44. The molecule has 3 rings (SSSR count). The van der Waals surface area contributed by atoms with Crippen molar-refractivity contribution < 1.29 is 18.4 Å². The second-order valence-electron chi connectivity index (χ2n) is 8.69. The molecule has 0 radical (unpaired) electrons. The summed E-state index contributed by atoms with van der Waals surface area (Å²) < 4.78 is 26.4. The third kappa shape index (κ3) is 5.34. The predicted octanol–water partition coefficient (Wildman–Crippen LogP) is 3.78. The summed E-state index contributed by atoms with van der Waals surface area (Å²) in [6.45, 7) is 6.14. The van der Waals surface area contributed by atoms with Gasteiger partial charge in [0.05, 0.1) is 6.54 Å². The van der Waals surface area contributed by atoms with Crippen molar-refractivity contribution >= 4 is 17.6 Å².